The van der Waals surface area contributed by atoms with Crippen LogP contribution in [0.2, 0.25) is 0 Å². The first-order valence-corrected chi connectivity index (χ1v) is 14.3. The molecule has 0 bridgehead atoms. The van der Waals surface area contributed by atoms with E-state index in [4.69, 9.17) is 15.7 Å². The van der Waals surface area contributed by atoms with E-state index in [1.807, 2.05) is 31.2 Å². The van der Waals surface area contributed by atoms with E-state index in [0.717, 1.165) is 17.1 Å². The number of benzene rings is 2. The van der Waals surface area contributed by atoms with Crippen molar-refractivity contribution in [2.45, 2.75) is 33.1 Å². The second kappa shape index (κ2) is 13.7. The van der Waals surface area contributed by atoms with Crippen LogP contribution >= 0.6 is 0 Å². The van der Waals surface area contributed by atoms with Gasteiger partial charge in [0.25, 0.3) is 0 Å². The van der Waals surface area contributed by atoms with Gasteiger partial charge in [0.2, 0.25) is 0 Å². The molecule has 0 aliphatic rings. The van der Waals surface area contributed by atoms with Crippen LogP contribution in [0.15, 0.2) is 109 Å². The minimum absolute atomic E-state index is 0.360. The van der Waals surface area contributed by atoms with Gasteiger partial charge in [0.05, 0.1) is 11.4 Å². The van der Waals surface area contributed by atoms with Gasteiger partial charge in [0.1, 0.15) is 17.3 Å². The van der Waals surface area contributed by atoms with Gasteiger partial charge >= 0.3 is 0 Å². The molecule has 5 rings (SSSR count). The summed E-state index contributed by atoms with van der Waals surface area (Å²) in [5.41, 5.74) is 11.6. The summed E-state index contributed by atoms with van der Waals surface area (Å²) in [5, 5.41) is 0. The molecule has 2 N–H and O–H groups in total. The number of rotatable bonds is 10. The van der Waals surface area contributed by atoms with Crippen LogP contribution in [-0.4, -0.2) is 24.9 Å². The van der Waals surface area contributed by atoms with Gasteiger partial charge in [0.15, 0.2) is 11.6 Å². The molecular weight excluding hydrogens is 554 g/mol. The zero-order chi connectivity index (χ0) is 31.1. The number of hydrogen-bond donors (Lipinski definition) is 1. The van der Waals surface area contributed by atoms with Gasteiger partial charge in [-0.05, 0) is 87.7 Å². The van der Waals surface area contributed by atoms with Crippen molar-refractivity contribution in [2.75, 3.05) is 0 Å². The number of nitrogens with two attached hydrogens (primary N) is 1. The lowest BCUT2D eigenvalue weighted by Crippen LogP contribution is -2.04. The topological polar surface area (TPSA) is 90.5 Å². The lowest BCUT2D eigenvalue weighted by atomic mass is 10.1. The maximum atomic E-state index is 14.8. The van der Waals surface area contributed by atoms with E-state index in [1.165, 1.54) is 12.1 Å². The van der Waals surface area contributed by atoms with Gasteiger partial charge in [0, 0.05) is 39.5 Å². The molecule has 0 unspecified atom stereocenters. The van der Waals surface area contributed by atoms with Crippen molar-refractivity contribution in [3.63, 3.8) is 0 Å². The molecule has 0 spiro atoms. The number of pyridine rings is 1. The summed E-state index contributed by atoms with van der Waals surface area (Å²) in [6.07, 6.45) is 7.10. The second-order valence-corrected chi connectivity index (χ2v) is 10.4. The van der Waals surface area contributed by atoms with E-state index in [-0.39, 0.29) is 11.6 Å². The summed E-state index contributed by atoms with van der Waals surface area (Å²) in [7, 11) is 0. The number of aryl methyl sites for hydroxylation is 3. The predicted molar refractivity (Wildman–Crippen MR) is 171 cm³/mol. The van der Waals surface area contributed by atoms with Crippen molar-refractivity contribution in [3.8, 4) is 34.0 Å². The van der Waals surface area contributed by atoms with Crippen molar-refractivity contribution < 1.29 is 8.78 Å². The third-order valence-corrected chi connectivity index (χ3v) is 6.79. The van der Waals surface area contributed by atoms with Crippen LogP contribution in [0, 0.1) is 18.6 Å². The first-order chi connectivity index (χ1) is 21.3. The molecule has 0 saturated heterocycles. The maximum absolute atomic E-state index is 14.8. The fourth-order valence-corrected chi connectivity index (χ4v) is 4.63. The normalized spacial score (nSPS) is 11.7. The van der Waals surface area contributed by atoms with Gasteiger partial charge in [-0.15, -0.1) is 0 Å². The van der Waals surface area contributed by atoms with E-state index >= 15 is 0 Å². The molecule has 5 aromatic rings. The summed E-state index contributed by atoms with van der Waals surface area (Å²) in [6, 6.07) is 22.3. The molecule has 3 heterocycles. The Morgan fingerprint density at radius 1 is 0.750 bits per heavy atom. The van der Waals surface area contributed by atoms with Gasteiger partial charge in [-0.3, -0.25) is 0 Å². The van der Waals surface area contributed by atoms with Crippen molar-refractivity contribution in [2.24, 2.45) is 5.73 Å². The van der Waals surface area contributed by atoms with Crippen LogP contribution in [-0.2, 0) is 12.8 Å². The Kier molecular flexibility index (Phi) is 9.40. The summed E-state index contributed by atoms with van der Waals surface area (Å²) in [6.45, 7) is 7.80. The number of aromatic nitrogens is 5. The first-order valence-electron chi connectivity index (χ1n) is 14.3. The summed E-state index contributed by atoms with van der Waals surface area (Å²) >= 11 is 0. The molecule has 0 saturated carbocycles. The van der Waals surface area contributed by atoms with Crippen LogP contribution in [0.3, 0.4) is 0 Å². The maximum Gasteiger partial charge on any atom is 0.178 e. The SMILES string of the molecule is C=C(/C=C\C=C(\C)N)c1nc(CCCc2cc(-c3ccccc3F)nc(-c3cccc(C)n3)n2)cc(-c2ccccc2F)n1. The number of allylic oxidation sites excluding steroid dienone is 5. The van der Waals surface area contributed by atoms with Gasteiger partial charge in [-0.25, -0.2) is 33.7 Å². The fraction of sp³-hybridized carbons (Fsp3) is 0.139. The highest BCUT2D eigenvalue weighted by atomic mass is 19.1. The standard InChI is InChI=1S/C36H32F2N6/c1-23(11-8-12-24(2)39)35-41-26(21-33(43-35)28-16-4-6-18-30(28)37)14-10-15-27-22-34(29-17-5-7-19-31(29)38)44-36(42-27)32-20-9-13-25(3)40-32/h4-9,11-13,16-22H,1,10,14-15,39H2,2-3H3/b11-8-,24-12-. The molecule has 2 aromatic carbocycles. The third-order valence-electron chi connectivity index (χ3n) is 6.79. The smallest absolute Gasteiger partial charge is 0.178 e. The van der Waals surface area contributed by atoms with Crippen molar-refractivity contribution in [1.82, 2.24) is 24.9 Å². The van der Waals surface area contributed by atoms with Gasteiger partial charge in [-0.2, -0.15) is 0 Å². The van der Waals surface area contributed by atoms with Crippen molar-refractivity contribution in [3.05, 3.63) is 144 Å². The molecule has 0 atom stereocenters. The largest absolute Gasteiger partial charge is 0.402 e. The van der Waals surface area contributed by atoms with Gasteiger partial charge < -0.3 is 5.73 Å². The molecule has 0 amide bonds. The molecule has 44 heavy (non-hydrogen) atoms. The minimum atomic E-state index is -0.370. The number of hydrogen-bond acceptors (Lipinski definition) is 6. The highest BCUT2D eigenvalue weighted by molar-refractivity contribution is 5.70. The van der Waals surface area contributed by atoms with Crippen molar-refractivity contribution in [1.29, 1.82) is 0 Å². The third kappa shape index (κ3) is 7.52. The van der Waals surface area contributed by atoms with Crippen molar-refractivity contribution >= 4 is 5.57 Å². The molecule has 220 valence electrons. The molecule has 0 aliphatic carbocycles. The fourth-order valence-electron chi connectivity index (χ4n) is 4.63. The molecule has 6 nitrogen and oxygen atoms in total. The van der Waals surface area contributed by atoms with Gasteiger partial charge in [-0.1, -0.05) is 49.1 Å². The Morgan fingerprint density at radius 2 is 1.36 bits per heavy atom. The quantitative estimate of drug-likeness (QED) is 0.168. The minimum Gasteiger partial charge on any atom is -0.402 e. The van der Waals surface area contributed by atoms with E-state index in [9.17, 15) is 8.78 Å². The Balaban J connectivity index is 1.45. The highest BCUT2D eigenvalue weighted by Gasteiger charge is 2.15. The second-order valence-electron chi connectivity index (χ2n) is 10.4. The molecule has 8 heteroatoms. The average Bonchev–Trinajstić information content (AvgIpc) is 3.01. The Labute approximate surface area is 255 Å². The van der Waals surface area contributed by atoms with E-state index in [1.54, 1.807) is 67.6 Å². The van der Waals surface area contributed by atoms with Crippen LogP contribution in [0.5, 0.6) is 0 Å². The monoisotopic (exact) mass is 586 g/mol. The molecule has 0 radical (unpaired) electrons. The zero-order valence-corrected chi connectivity index (χ0v) is 24.6. The van der Waals surface area contributed by atoms with Crippen LogP contribution in [0.4, 0.5) is 8.78 Å². The number of halogens is 2. The van der Waals surface area contributed by atoms with Crippen LogP contribution in [0.25, 0.3) is 39.6 Å². The van der Waals surface area contributed by atoms with E-state index in [0.29, 0.717) is 70.4 Å². The summed E-state index contributed by atoms with van der Waals surface area (Å²) in [5.74, 6) is 0.100. The van der Waals surface area contributed by atoms with E-state index in [2.05, 4.69) is 21.5 Å². The van der Waals surface area contributed by atoms with E-state index < -0.39 is 0 Å². The molecule has 3 aromatic heterocycles. The lowest BCUT2D eigenvalue weighted by Gasteiger charge is -2.11. The Hall–Kier alpha value is -5.37. The Morgan fingerprint density at radius 3 is 1.98 bits per heavy atom. The summed E-state index contributed by atoms with van der Waals surface area (Å²) < 4.78 is 29.5. The first kappa shape index (κ1) is 30.1. The predicted octanol–water partition coefficient (Wildman–Crippen LogP) is 7.86. The van der Waals surface area contributed by atoms with Crippen LogP contribution in [0.1, 0.15) is 36.3 Å². The van der Waals surface area contributed by atoms with Crippen LogP contribution < -0.4 is 5.73 Å². The summed E-state index contributed by atoms with van der Waals surface area (Å²) in [4.78, 5) is 23.4. The zero-order valence-electron chi connectivity index (χ0n) is 24.6. The average molecular weight is 587 g/mol. The molecule has 0 aliphatic heterocycles. The highest BCUT2D eigenvalue weighted by Crippen LogP contribution is 2.26. The Bertz CT molecular complexity index is 1880. The molecule has 0 fully saturated rings. The number of nitrogens with zero attached hydrogens (tertiary/aromatic N) is 5. The molecular formula is C36H32F2N6. The lowest BCUT2D eigenvalue weighted by molar-refractivity contribution is 0.630.